The second-order valence-electron chi connectivity index (χ2n) is 8.82. The second kappa shape index (κ2) is 9.24. The molecule has 2 rings (SSSR count). The van der Waals surface area contributed by atoms with Gasteiger partial charge in [-0.1, -0.05) is 93.5 Å². The Labute approximate surface area is 168 Å². The second-order valence-corrected chi connectivity index (χ2v) is 12.8. The van der Waals surface area contributed by atoms with Crippen LogP contribution < -0.4 is 0 Å². The predicted molar refractivity (Wildman–Crippen MR) is 123 cm³/mol. The Balaban J connectivity index is 0.00000392. The SMILES string of the molecule is C[CH-]c1cccc(C(C)C)c1-c1cccc(C(C)(C)P(C(C)C)C(C)C)n1.[Es]. The van der Waals surface area contributed by atoms with Crippen molar-refractivity contribution < 1.29 is 0 Å². The first-order chi connectivity index (χ1) is 12.6. The van der Waals surface area contributed by atoms with E-state index in [1.165, 1.54) is 22.4 Å². The molecule has 0 saturated carbocycles. The van der Waals surface area contributed by atoms with Gasteiger partial charge in [0.05, 0.1) is 0 Å². The molecule has 159 valence electrons. The number of hydrogen-bond acceptors (Lipinski definition) is 1. The molecular formula is C25H37EsNP-. The van der Waals surface area contributed by atoms with Crippen LogP contribution >= 0.6 is 7.92 Å². The molecule has 0 atom stereocenters. The molecule has 1 heterocycles. The Kier molecular flexibility index (Phi) is 7.83. The molecule has 0 spiro atoms. The molecule has 2 aromatic rings. The summed E-state index contributed by atoms with van der Waals surface area (Å²) in [5.74, 6) is 0.474. The van der Waals surface area contributed by atoms with E-state index in [4.69, 9.17) is 4.98 Å². The fourth-order valence-corrected chi connectivity index (χ4v) is 8.70. The third-order valence-electron chi connectivity index (χ3n) is 5.45. The van der Waals surface area contributed by atoms with Crippen LogP contribution in [0.15, 0.2) is 36.4 Å². The Morgan fingerprint density at radius 1 is 0.893 bits per heavy atom. The molecule has 1 aromatic carbocycles. The number of hydrogen-bond donors (Lipinski definition) is 0. The maximum atomic E-state index is 5.25. The van der Waals surface area contributed by atoms with Gasteiger partial charge in [0.15, 0.2) is 0 Å². The third-order valence-corrected chi connectivity index (χ3v) is 9.20. The van der Waals surface area contributed by atoms with Gasteiger partial charge in [-0.2, -0.15) is 18.1 Å². The van der Waals surface area contributed by atoms with Gasteiger partial charge in [-0.3, -0.25) is 4.98 Å². The molecule has 1 nitrogen and oxygen atoms in total. The van der Waals surface area contributed by atoms with E-state index in [1.54, 1.807) is 0 Å². The predicted octanol–water partition coefficient (Wildman–Crippen LogP) is 7.98. The van der Waals surface area contributed by atoms with E-state index in [0.717, 1.165) is 5.69 Å². The van der Waals surface area contributed by atoms with Crippen molar-refractivity contribution in [2.24, 2.45) is 0 Å². The summed E-state index contributed by atoms with van der Waals surface area (Å²) in [6, 6.07) is 13.2. The van der Waals surface area contributed by atoms with Crippen molar-refractivity contribution in [2.75, 3.05) is 0 Å². The van der Waals surface area contributed by atoms with Crippen molar-refractivity contribution >= 4 is 7.92 Å². The summed E-state index contributed by atoms with van der Waals surface area (Å²) < 4.78 is 0. The monoisotopic (exact) mass is 634 g/mol. The Hall–Kier alpha value is -2.33. The first-order valence-corrected chi connectivity index (χ1v) is 11.8. The van der Waals surface area contributed by atoms with Crippen LogP contribution in [0.4, 0.5) is 0 Å². The van der Waals surface area contributed by atoms with Crippen LogP contribution in [0.25, 0.3) is 11.3 Å². The minimum Gasteiger partial charge on any atom is -0.265 e. The molecule has 0 aliphatic rings. The van der Waals surface area contributed by atoms with Crippen LogP contribution in [0.2, 0.25) is 0 Å². The zero-order chi connectivity index (χ0) is 20.4. The van der Waals surface area contributed by atoms with Crippen molar-refractivity contribution in [1.82, 2.24) is 4.98 Å². The van der Waals surface area contributed by atoms with Crippen LogP contribution in [-0.4, -0.2) is 16.3 Å². The van der Waals surface area contributed by atoms with Crippen molar-refractivity contribution in [1.29, 1.82) is 0 Å². The molecule has 0 N–H and O–H groups in total. The van der Waals surface area contributed by atoms with Crippen molar-refractivity contribution in [3.05, 3.63) is 59.6 Å². The van der Waals surface area contributed by atoms with Gasteiger partial charge >= 0.3 is 0 Å². The quantitative estimate of drug-likeness (QED) is 0.223. The minimum atomic E-state index is -0.181. The molecule has 1 aromatic heterocycles. The fraction of sp³-hybridized carbons (Fsp3) is 0.520. The Morgan fingerprint density at radius 2 is 1.46 bits per heavy atom. The molecular weight excluding hydrogens is 597 g/mol. The Morgan fingerprint density at radius 3 is 1.96 bits per heavy atom. The van der Waals surface area contributed by atoms with E-state index >= 15 is 0 Å². The standard InChI is InChI=1S/C25H37NP.Es/c1-10-20-13-11-14-21(17(2)3)24(20)22-15-12-16-23(26-22)25(8,9)27(18(4)5)19(6)7;/h10-19H,1-9H3;/q-1;. The number of nitrogens with zero attached hydrogens (tertiary/aromatic N) is 1. The van der Waals surface area contributed by atoms with Crippen molar-refractivity contribution in [3.63, 3.8) is 0 Å². The molecule has 0 unspecified atom stereocenters. The molecule has 0 aliphatic heterocycles. The first kappa shape index (κ1) is 23.7. The van der Waals surface area contributed by atoms with Gasteiger partial charge in [0, 0.05) is 16.5 Å². The summed E-state index contributed by atoms with van der Waals surface area (Å²) in [6.45, 7) is 20.9. The van der Waals surface area contributed by atoms with Gasteiger partial charge in [0.1, 0.15) is 0 Å². The fourth-order valence-electron chi connectivity index (χ4n) is 4.54. The van der Waals surface area contributed by atoms with E-state index in [9.17, 15) is 0 Å². The molecule has 0 bridgehead atoms. The minimum absolute atomic E-state index is 0. The van der Waals surface area contributed by atoms with Gasteiger partial charge in [-0.25, -0.2) is 0 Å². The smallest absolute Gasteiger partial charge is 0.0497 e. The van der Waals surface area contributed by atoms with Crippen LogP contribution in [0.1, 0.15) is 85.1 Å². The van der Waals surface area contributed by atoms with Crippen LogP contribution in [0.3, 0.4) is 0 Å². The van der Waals surface area contributed by atoms with Gasteiger partial charge in [-0.15, -0.1) is 6.07 Å². The van der Waals surface area contributed by atoms with E-state index < -0.39 is 0 Å². The summed E-state index contributed by atoms with van der Waals surface area (Å²) in [5.41, 5.74) is 7.66. The van der Waals surface area contributed by atoms with Gasteiger partial charge in [0.25, 0.3) is 0 Å². The van der Waals surface area contributed by atoms with Gasteiger partial charge in [0.2, 0.25) is 0 Å². The van der Waals surface area contributed by atoms with Crippen molar-refractivity contribution in [3.8, 4) is 11.3 Å². The normalized spacial score (nSPS) is 12.0. The number of rotatable bonds is 7. The van der Waals surface area contributed by atoms with Crippen LogP contribution in [0.5, 0.6) is 0 Å². The zero-order valence-electron chi connectivity index (χ0n) is 19.0. The van der Waals surface area contributed by atoms with E-state index in [2.05, 4.69) is 105 Å². The van der Waals surface area contributed by atoms with E-state index in [1.807, 2.05) is 0 Å². The van der Waals surface area contributed by atoms with Gasteiger partial charge < -0.3 is 0 Å². The summed E-state index contributed by atoms with van der Waals surface area (Å²) >= 11 is 0. The van der Waals surface area contributed by atoms with E-state index in [0.29, 0.717) is 17.2 Å². The Bertz CT molecular complexity index is 757. The zero-order valence-corrected chi connectivity index (χ0v) is 22.4. The maximum Gasteiger partial charge on any atom is 0.0497 e. The molecule has 0 aliphatic carbocycles. The summed E-state index contributed by atoms with van der Waals surface area (Å²) in [6.07, 6.45) is 2.20. The summed E-state index contributed by atoms with van der Waals surface area (Å²) in [5, 5.41) is 0.0938. The average molecular weight is 635 g/mol. The average Bonchev–Trinajstić information content (AvgIpc) is 2.60. The molecule has 0 amide bonds. The largest absolute Gasteiger partial charge is 0.265 e. The first-order valence-electron chi connectivity index (χ1n) is 10.3. The molecule has 1 radical (unpaired) electrons. The number of pyridine rings is 1. The van der Waals surface area contributed by atoms with Gasteiger partial charge in [-0.05, 0) is 29.4 Å². The van der Waals surface area contributed by atoms with Crippen LogP contribution in [0, 0.1) is 6.42 Å². The number of aromatic nitrogens is 1. The number of benzene rings is 1. The maximum absolute atomic E-state index is 5.25. The van der Waals surface area contributed by atoms with E-state index in [-0.39, 0.29) is 13.1 Å². The van der Waals surface area contributed by atoms with Crippen molar-refractivity contribution in [2.45, 2.75) is 84.7 Å². The topological polar surface area (TPSA) is 12.9 Å². The third kappa shape index (κ3) is 4.56. The van der Waals surface area contributed by atoms with Crippen LogP contribution in [-0.2, 0) is 5.16 Å². The molecule has 0 fully saturated rings. The molecule has 3 heteroatoms. The molecule has 28 heavy (non-hydrogen) atoms. The molecule has 0 saturated heterocycles. The summed E-state index contributed by atoms with van der Waals surface area (Å²) in [4.78, 5) is 5.25. The summed E-state index contributed by atoms with van der Waals surface area (Å²) in [7, 11) is -0.181.